The molecule has 2 aromatic rings. The van der Waals surface area contributed by atoms with Crippen LogP contribution >= 0.6 is 0 Å². The fourth-order valence-corrected chi connectivity index (χ4v) is 3.91. The van der Waals surface area contributed by atoms with E-state index in [0.29, 0.717) is 25.0 Å². The molecule has 2 aliphatic heterocycles. The Morgan fingerprint density at radius 2 is 1.69 bits per heavy atom. The maximum absolute atomic E-state index is 13.7. The first-order chi connectivity index (χ1) is 16.6. The third kappa shape index (κ3) is 5.68. The molecule has 0 bridgehead atoms. The maximum atomic E-state index is 13.7. The van der Waals surface area contributed by atoms with Gasteiger partial charge in [-0.25, -0.2) is 0 Å². The van der Waals surface area contributed by atoms with Crippen LogP contribution in [0, 0.1) is 0 Å². The molecular formula is C24H22F3N3O5. The highest BCUT2D eigenvalue weighted by atomic mass is 19.4. The number of nitrogens with one attached hydrogen (secondary N) is 2. The van der Waals surface area contributed by atoms with Crippen molar-refractivity contribution in [2.24, 2.45) is 0 Å². The van der Waals surface area contributed by atoms with Gasteiger partial charge >= 0.3 is 6.18 Å². The summed E-state index contributed by atoms with van der Waals surface area (Å²) in [7, 11) is 0. The smallest absolute Gasteiger partial charge is 0.368 e. The Hall–Kier alpha value is -3.73. The number of anilines is 2. The van der Waals surface area contributed by atoms with Gasteiger partial charge < -0.3 is 15.4 Å². The van der Waals surface area contributed by atoms with Gasteiger partial charge in [-0.3, -0.25) is 24.1 Å². The van der Waals surface area contributed by atoms with Crippen LogP contribution in [0.2, 0.25) is 0 Å². The molecular weight excluding hydrogens is 467 g/mol. The minimum Gasteiger partial charge on any atom is -0.368 e. The summed E-state index contributed by atoms with van der Waals surface area (Å²) in [6, 6.07) is 8.97. The number of likely N-dealkylation sites (tertiary alicyclic amines) is 1. The molecule has 2 aliphatic rings. The zero-order valence-corrected chi connectivity index (χ0v) is 18.5. The molecule has 2 N–H and O–H groups in total. The number of imide groups is 1. The van der Waals surface area contributed by atoms with E-state index in [9.17, 15) is 32.3 Å². The number of rotatable bonds is 6. The number of hydrogen-bond acceptors (Lipinski definition) is 5. The van der Waals surface area contributed by atoms with E-state index in [-0.39, 0.29) is 42.5 Å². The van der Waals surface area contributed by atoms with Crippen LogP contribution in [-0.4, -0.2) is 41.2 Å². The Morgan fingerprint density at radius 3 is 2.29 bits per heavy atom. The number of benzene rings is 2. The second kappa shape index (κ2) is 9.87. The lowest BCUT2D eigenvalue weighted by Crippen LogP contribution is -2.28. The number of carbonyl (C=O) groups excluding carboxylic acids is 4. The highest BCUT2D eigenvalue weighted by Gasteiger charge is 2.35. The third-order valence-electron chi connectivity index (χ3n) is 5.77. The van der Waals surface area contributed by atoms with Crippen molar-refractivity contribution >= 4 is 35.0 Å². The topological polar surface area (TPSA) is 105 Å². The van der Waals surface area contributed by atoms with Crippen molar-refractivity contribution in [3.05, 3.63) is 59.2 Å². The zero-order valence-electron chi connectivity index (χ0n) is 18.5. The van der Waals surface area contributed by atoms with E-state index < -0.39 is 35.3 Å². The second-order valence-corrected chi connectivity index (χ2v) is 8.27. The first kappa shape index (κ1) is 24.4. The molecule has 184 valence electrons. The van der Waals surface area contributed by atoms with Crippen LogP contribution in [0.25, 0.3) is 0 Å². The van der Waals surface area contributed by atoms with Crippen molar-refractivity contribution in [2.75, 3.05) is 17.2 Å². The van der Waals surface area contributed by atoms with Crippen molar-refractivity contribution < 1.29 is 37.1 Å². The number of nitrogens with zero attached hydrogens (tertiary/aromatic N) is 1. The van der Waals surface area contributed by atoms with Crippen molar-refractivity contribution in [1.82, 2.24) is 4.90 Å². The first-order valence-corrected chi connectivity index (χ1v) is 11.0. The van der Waals surface area contributed by atoms with E-state index in [1.807, 2.05) is 0 Å². The van der Waals surface area contributed by atoms with Crippen LogP contribution in [0.5, 0.6) is 0 Å². The van der Waals surface area contributed by atoms with E-state index >= 15 is 0 Å². The number of alkyl halides is 3. The summed E-state index contributed by atoms with van der Waals surface area (Å²) in [5.41, 5.74) is -0.941. The molecule has 8 nitrogen and oxygen atoms in total. The molecule has 2 saturated heterocycles. The van der Waals surface area contributed by atoms with Crippen molar-refractivity contribution in [3.8, 4) is 0 Å². The second-order valence-electron chi connectivity index (χ2n) is 8.27. The summed E-state index contributed by atoms with van der Waals surface area (Å²) in [6.07, 6.45) is -3.96. The number of ether oxygens (including phenoxy) is 1. The molecule has 35 heavy (non-hydrogen) atoms. The van der Waals surface area contributed by atoms with Gasteiger partial charge in [-0.2, -0.15) is 13.2 Å². The van der Waals surface area contributed by atoms with Crippen molar-refractivity contribution in [3.63, 3.8) is 0 Å². The molecule has 1 atom stereocenters. The van der Waals surface area contributed by atoms with Gasteiger partial charge in [0.15, 0.2) is 0 Å². The fourth-order valence-electron chi connectivity index (χ4n) is 3.91. The highest BCUT2D eigenvalue weighted by Crippen LogP contribution is 2.37. The molecule has 0 saturated carbocycles. The van der Waals surface area contributed by atoms with Gasteiger partial charge in [0.25, 0.3) is 11.8 Å². The normalized spacial score (nSPS) is 18.1. The molecule has 2 fully saturated rings. The van der Waals surface area contributed by atoms with E-state index in [2.05, 4.69) is 10.6 Å². The van der Waals surface area contributed by atoms with Crippen LogP contribution in [0.1, 0.15) is 47.2 Å². The minimum atomic E-state index is -4.79. The number of carbonyl (C=O) groups is 4. The minimum absolute atomic E-state index is 0.0637. The number of amides is 4. The Labute approximate surface area is 198 Å². The van der Waals surface area contributed by atoms with E-state index in [0.717, 1.165) is 17.0 Å². The quantitative estimate of drug-likeness (QED) is 0.602. The van der Waals surface area contributed by atoms with Gasteiger partial charge in [0.05, 0.1) is 17.8 Å². The number of halogens is 3. The molecule has 11 heteroatoms. The van der Waals surface area contributed by atoms with Gasteiger partial charge in [0.1, 0.15) is 6.10 Å². The van der Waals surface area contributed by atoms with E-state index in [1.54, 1.807) is 0 Å². The molecule has 0 spiro atoms. The van der Waals surface area contributed by atoms with E-state index in [1.165, 1.54) is 30.3 Å². The summed E-state index contributed by atoms with van der Waals surface area (Å²) in [5.74, 6) is -1.84. The molecule has 0 aliphatic carbocycles. The third-order valence-corrected chi connectivity index (χ3v) is 5.77. The first-order valence-electron chi connectivity index (χ1n) is 11.0. The monoisotopic (exact) mass is 489 g/mol. The predicted octanol–water partition coefficient (Wildman–Crippen LogP) is 3.72. The van der Waals surface area contributed by atoms with Crippen LogP contribution < -0.4 is 10.6 Å². The molecule has 4 rings (SSSR count). The molecule has 0 aromatic heterocycles. The summed E-state index contributed by atoms with van der Waals surface area (Å²) in [5, 5.41) is 4.68. The SMILES string of the molecule is O=C(Nc1ccc(NC(=O)C2CCCO2)cc1C(F)(F)F)c1ccc(CN2C(=O)CCC2=O)cc1. The lowest BCUT2D eigenvalue weighted by molar-refractivity contribution is -0.139. The zero-order chi connectivity index (χ0) is 25.2. The van der Waals surface area contributed by atoms with Gasteiger partial charge in [0.2, 0.25) is 11.8 Å². The van der Waals surface area contributed by atoms with Crippen molar-refractivity contribution in [2.45, 2.75) is 44.5 Å². The van der Waals surface area contributed by atoms with Crippen LogP contribution in [0.15, 0.2) is 42.5 Å². The maximum Gasteiger partial charge on any atom is 0.418 e. The Morgan fingerprint density at radius 1 is 1.00 bits per heavy atom. The summed E-state index contributed by atoms with van der Waals surface area (Å²) in [6.45, 7) is 0.489. The Balaban J connectivity index is 1.46. The van der Waals surface area contributed by atoms with Gasteiger partial charge in [-0.1, -0.05) is 12.1 Å². The standard InChI is InChI=1S/C24H22F3N3O5/c25-24(26,27)17-12-16(28-23(34)19-2-1-11-35-19)7-8-18(17)29-22(33)15-5-3-14(4-6-15)13-30-20(31)9-10-21(30)32/h3-8,12,19H,1-2,9-11,13H2,(H,28,34)(H,29,33). The van der Waals surface area contributed by atoms with Crippen LogP contribution in [0.4, 0.5) is 24.5 Å². The molecule has 0 radical (unpaired) electrons. The molecule has 1 unspecified atom stereocenters. The molecule has 4 amide bonds. The Kier molecular flexibility index (Phi) is 6.88. The highest BCUT2D eigenvalue weighted by molar-refractivity contribution is 6.05. The largest absolute Gasteiger partial charge is 0.418 e. The van der Waals surface area contributed by atoms with Crippen molar-refractivity contribution in [1.29, 1.82) is 0 Å². The van der Waals surface area contributed by atoms with E-state index in [4.69, 9.17) is 4.74 Å². The summed E-state index contributed by atoms with van der Waals surface area (Å²) < 4.78 is 46.3. The van der Waals surface area contributed by atoms with Gasteiger partial charge in [-0.15, -0.1) is 0 Å². The van der Waals surface area contributed by atoms with Crippen LogP contribution in [-0.2, 0) is 31.8 Å². The average Bonchev–Trinajstić information content (AvgIpc) is 3.46. The Bertz CT molecular complexity index is 1140. The predicted molar refractivity (Wildman–Crippen MR) is 118 cm³/mol. The lowest BCUT2D eigenvalue weighted by Gasteiger charge is -2.17. The summed E-state index contributed by atoms with van der Waals surface area (Å²) >= 11 is 0. The van der Waals surface area contributed by atoms with Gasteiger partial charge in [0, 0.05) is 30.7 Å². The number of hydrogen-bond donors (Lipinski definition) is 2. The average molecular weight is 489 g/mol. The molecule has 2 heterocycles. The lowest BCUT2D eigenvalue weighted by atomic mass is 10.1. The summed E-state index contributed by atoms with van der Waals surface area (Å²) in [4.78, 5) is 49.4. The molecule has 2 aromatic carbocycles. The van der Waals surface area contributed by atoms with Gasteiger partial charge in [-0.05, 0) is 48.7 Å². The fraction of sp³-hybridized carbons (Fsp3) is 0.333. The van der Waals surface area contributed by atoms with Crippen LogP contribution in [0.3, 0.4) is 0 Å².